The number of hydrogen-bond donors (Lipinski definition) is 0. The van der Waals surface area contributed by atoms with Gasteiger partial charge in [-0.1, -0.05) is 67.9 Å². The fourth-order valence-electron chi connectivity index (χ4n) is 5.95. The van der Waals surface area contributed by atoms with Crippen molar-refractivity contribution in [3.05, 3.63) is 101 Å². The maximum atomic E-state index is 14.2. The molecule has 0 bridgehead atoms. The number of aryl methyl sites for hydroxylation is 1. The molecule has 1 fully saturated rings. The molecule has 0 aromatic heterocycles. The predicted octanol–water partition coefficient (Wildman–Crippen LogP) is 6.19. The second-order valence-corrected chi connectivity index (χ2v) is 15.4. The smallest absolute Gasteiger partial charge is 0.284 e. The molecule has 208 valence electrons. The van der Waals surface area contributed by atoms with E-state index in [1.54, 1.807) is 12.1 Å². The maximum absolute atomic E-state index is 14.2. The van der Waals surface area contributed by atoms with Crippen molar-refractivity contribution in [2.75, 3.05) is 43.0 Å². The van der Waals surface area contributed by atoms with Crippen molar-refractivity contribution in [1.29, 1.82) is 0 Å². The molecule has 3 heterocycles. The average Bonchev–Trinajstić information content (AvgIpc) is 3.41. The minimum absolute atomic E-state index is 0.178. The number of fused-ring (bicyclic) bond motifs is 1. The van der Waals surface area contributed by atoms with Crippen LogP contribution >= 0.6 is 7.36 Å². The van der Waals surface area contributed by atoms with Crippen LogP contribution < -0.4 is 9.68 Å². The second-order valence-electron chi connectivity index (χ2n) is 10.8. The van der Waals surface area contributed by atoms with Gasteiger partial charge in [-0.2, -0.15) is 13.5 Å². The molecule has 8 nitrogen and oxygen atoms in total. The normalized spacial score (nSPS) is 24.4. The molecule has 40 heavy (non-hydrogen) atoms. The number of rotatable bonds is 4. The Morgan fingerprint density at radius 3 is 2.25 bits per heavy atom. The van der Waals surface area contributed by atoms with Crippen molar-refractivity contribution in [1.82, 2.24) is 4.67 Å². The molecule has 3 aromatic carbocycles. The van der Waals surface area contributed by atoms with Gasteiger partial charge in [0, 0.05) is 36.9 Å². The summed E-state index contributed by atoms with van der Waals surface area (Å²) in [5, 5.41) is 5.79. The van der Waals surface area contributed by atoms with Crippen LogP contribution in [0.1, 0.15) is 25.0 Å². The lowest BCUT2D eigenvalue weighted by Gasteiger charge is -2.42. The molecule has 0 amide bonds. The minimum atomic E-state index is -4.08. The molecule has 3 aliphatic rings. The number of anilines is 2. The Balaban J connectivity index is 1.70. The summed E-state index contributed by atoms with van der Waals surface area (Å²) in [6, 6.07) is 25.0. The van der Waals surface area contributed by atoms with Gasteiger partial charge in [0.25, 0.3) is 10.0 Å². The van der Waals surface area contributed by atoms with Gasteiger partial charge in [-0.15, -0.1) is 4.15 Å². The fourth-order valence-corrected chi connectivity index (χ4v) is 12.1. The molecule has 0 unspecified atom stereocenters. The molecular formula is C30H34N5O3PS. The van der Waals surface area contributed by atoms with Gasteiger partial charge >= 0.3 is 0 Å². The molecule has 1 atom stereocenters. The first kappa shape index (κ1) is 27.0. The lowest BCUT2D eigenvalue weighted by atomic mass is 9.84. The first-order valence-electron chi connectivity index (χ1n) is 13.4. The number of sulfonamides is 1. The lowest BCUT2D eigenvalue weighted by molar-refractivity contribution is 0.0743. The summed E-state index contributed by atoms with van der Waals surface area (Å²) in [6.07, 6.45) is 1.85. The van der Waals surface area contributed by atoms with E-state index in [2.05, 4.69) is 48.7 Å². The van der Waals surface area contributed by atoms with Gasteiger partial charge in [-0.3, -0.25) is 0 Å². The molecule has 0 N–H and O–H groups in total. The highest BCUT2D eigenvalue weighted by molar-refractivity contribution is 7.95. The van der Waals surface area contributed by atoms with E-state index in [9.17, 15) is 8.42 Å². The van der Waals surface area contributed by atoms with Crippen LogP contribution in [-0.2, 0) is 20.2 Å². The van der Waals surface area contributed by atoms with E-state index in [1.165, 1.54) is 5.56 Å². The summed E-state index contributed by atoms with van der Waals surface area (Å²) in [5.41, 5.74) is 4.68. The van der Waals surface area contributed by atoms with Crippen molar-refractivity contribution in [2.45, 2.75) is 31.1 Å². The first-order chi connectivity index (χ1) is 19.2. The Kier molecular flexibility index (Phi) is 6.74. The van der Waals surface area contributed by atoms with Crippen LogP contribution in [-0.4, -0.2) is 52.7 Å². The zero-order valence-corrected chi connectivity index (χ0v) is 24.9. The van der Waals surface area contributed by atoms with Crippen molar-refractivity contribution in [3.63, 3.8) is 0 Å². The molecule has 0 saturated carbocycles. The van der Waals surface area contributed by atoms with E-state index < -0.39 is 22.8 Å². The molecule has 10 heteroatoms. The highest BCUT2D eigenvalue weighted by Crippen LogP contribution is 2.70. The van der Waals surface area contributed by atoms with Crippen LogP contribution in [0.5, 0.6) is 0 Å². The van der Waals surface area contributed by atoms with E-state index in [-0.39, 0.29) is 4.90 Å². The van der Waals surface area contributed by atoms with Crippen LogP contribution in [0.2, 0.25) is 0 Å². The van der Waals surface area contributed by atoms with Gasteiger partial charge in [0.05, 0.1) is 35.3 Å². The van der Waals surface area contributed by atoms with Gasteiger partial charge in [-0.25, -0.2) is 9.45 Å². The van der Waals surface area contributed by atoms with Gasteiger partial charge in [0.15, 0.2) is 7.36 Å². The predicted molar refractivity (Wildman–Crippen MR) is 162 cm³/mol. The van der Waals surface area contributed by atoms with Crippen LogP contribution in [0.25, 0.3) is 0 Å². The Morgan fingerprint density at radius 1 is 0.925 bits per heavy atom. The zero-order valence-electron chi connectivity index (χ0n) is 23.2. The number of para-hydroxylation sites is 2. The number of nitrogens with zero attached hydrogens (tertiary/aromatic N) is 5. The Labute approximate surface area is 236 Å². The number of morpholine rings is 1. The summed E-state index contributed by atoms with van der Waals surface area (Å²) < 4.78 is 43.3. The summed E-state index contributed by atoms with van der Waals surface area (Å²) in [6.45, 7) is 8.40. The maximum Gasteiger partial charge on any atom is 0.284 e. The highest BCUT2D eigenvalue weighted by atomic mass is 32.2. The van der Waals surface area contributed by atoms with Gasteiger partial charge in [-0.05, 0) is 42.8 Å². The van der Waals surface area contributed by atoms with Crippen molar-refractivity contribution < 1.29 is 13.2 Å². The summed E-state index contributed by atoms with van der Waals surface area (Å²) >= 11 is 0. The molecule has 3 aromatic rings. The Hall–Kier alpha value is -3.23. The van der Waals surface area contributed by atoms with E-state index >= 15 is 0 Å². The third-order valence-corrected chi connectivity index (χ3v) is 13.6. The van der Waals surface area contributed by atoms with E-state index in [1.807, 2.05) is 66.4 Å². The molecular weight excluding hydrogens is 541 g/mol. The molecule has 0 radical (unpaired) electrons. The monoisotopic (exact) mass is 575 g/mol. The van der Waals surface area contributed by atoms with Crippen LogP contribution in [0, 0.1) is 6.92 Å². The molecule has 3 aliphatic heterocycles. The van der Waals surface area contributed by atoms with E-state index in [0.29, 0.717) is 26.3 Å². The van der Waals surface area contributed by atoms with Gasteiger partial charge < -0.3 is 9.64 Å². The van der Waals surface area contributed by atoms with E-state index in [0.717, 1.165) is 27.9 Å². The highest BCUT2D eigenvalue weighted by Gasteiger charge is 2.51. The number of ether oxygens (including phenoxy) is 1. The van der Waals surface area contributed by atoms with Crippen molar-refractivity contribution >= 4 is 35.0 Å². The molecule has 6 rings (SSSR count). The number of hydrogen-bond acceptors (Lipinski definition) is 5. The number of likely N-dealkylation sites (N-methyl/N-ethyl adjacent to an activating group) is 1. The summed E-state index contributed by atoms with van der Waals surface area (Å²) in [5.74, 6) is 0. The number of benzene rings is 3. The van der Waals surface area contributed by atoms with Crippen LogP contribution in [0.4, 0.5) is 11.4 Å². The standard InChI is InChI=1S/C30H34N5O3PS/c1-23-14-16-25(17-15-23)40(36,37)32-39(34-18-20-38-21-19-34)28(22-31-35(39)24-10-6-5-7-11-24)29-30(2,3)26-12-8-9-13-27(26)33(29)4/h5-17,22H,18-21H2,1-4H3/b29-28+/t39-/m0/s1. The topological polar surface area (TPSA) is 77.8 Å². The third-order valence-electron chi connectivity index (χ3n) is 7.89. The second kappa shape index (κ2) is 10.00. The number of hydrazone groups is 1. The average molecular weight is 576 g/mol. The van der Waals surface area contributed by atoms with Gasteiger partial charge in [0.1, 0.15) is 0 Å². The Bertz CT molecular complexity index is 1660. The Morgan fingerprint density at radius 2 is 1.57 bits per heavy atom. The molecule has 0 spiro atoms. The van der Waals surface area contributed by atoms with Crippen molar-refractivity contribution in [2.24, 2.45) is 9.25 Å². The zero-order chi connectivity index (χ0) is 28.1. The minimum Gasteiger partial charge on any atom is -0.379 e. The first-order valence-corrected chi connectivity index (χ1v) is 16.5. The van der Waals surface area contributed by atoms with Crippen molar-refractivity contribution in [3.8, 4) is 0 Å². The lowest BCUT2D eigenvalue weighted by Crippen LogP contribution is -2.38. The third kappa shape index (κ3) is 4.23. The summed E-state index contributed by atoms with van der Waals surface area (Å²) in [7, 11) is -5.24. The number of allylic oxidation sites excluding steroid dienone is 2. The van der Waals surface area contributed by atoms with Crippen LogP contribution in [0.15, 0.2) is 104 Å². The quantitative estimate of drug-likeness (QED) is 0.345. The molecule has 1 saturated heterocycles. The summed E-state index contributed by atoms with van der Waals surface area (Å²) in [4.78, 5) is 2.37. The SMILES string of the molecule is Cc1ccc(S(=O)(=O)N=[P@]2(N3CCOCC3)/C(=C3/N(C)c4ccccc4C3(C)C)C=NN2c2ccccc2)cc1. The largest absolute Gasteiger partial charge is 0.379 e. The fraction of sp³-hybridized carbons (Fsp3) is 0.300. The molecule has 0 aliphatic carbocycles. The van der Waals surface area contributed by atoms with E-state index in [4.69, 9.17) is 14.0 Å². The van der Waals surface area contributed by atoms with Gasteiger partial charge in [0.2, 0.25) is 0 Å². The van der Waals surface area contributed by atoms with Crippen LogP contribution in [0.3, 0.4) is 0 Å².